The molecule has 0 saturated carbocycles. The van der Waals surface area contributed by atoms with Crippen molar-refractivity contribution in [2.24, 2.45) is 0 Å². The Labute approximate surface area is 204 Å². The second kappa shape index (κ2) is 10.7. The molecule has 0 atom stereocenters. The lowest BCUT2D eigenvalue weighted by atomic mass is 10.00. The van der Waals surface area contributed by atoms with Crippen LogP contribution >= 0.6 is 0 Å². The van der Waals surface area contributed by atoms with E-state index in [9.17, 15) is 9.59 Å². The third kappa shape index (κ3) is 5.95. The number of esters is 2. The van der Waals surface area contributed by atoms with Gasteiger partial charge in [0.15, 0.2) is 0 Å². The van der Waals surface area contributed by atoms with Gasteiger partial charge < -0.3 is 14.2 Å². The van der Waals surface area contributed by atoms with E-state index in [1.807, 2.05) is 60.7 Å². The molecule has 5 nitrogen and oxygen atoms in total. The average Bonchev–Trinajstić information content (AvgIpc) is 2.88. The molecule has 0 spiro atoms. The lowest BCUT2D eigenvalue weighted by Gasteiger charge is -2.09. The van der Waals surface area contributed by atoms with Crippen molar-refractivity contribution < 1.29 is 23.8 Å². The van der Waals surface area contributed by atoms with Crippen LogP contribution in [0.4, 0.5) is 0 Å². The van der Waals surface area contributed by atoms with Gasteiger partial charge in [0.1, 0.15) is 11.5 Å². The zero-order valence-electron chi connectivity index (χ0n) is 19.7. The molecule has 0 radical (unpaired) electrons. The normalized spacial score (nSPS) is 10.6. The highest BCUT2D eigenvalue weighted by atomic mass is 16.5. The molecule has 0 N–H and O–H groups in total. The highest BCUT2D eigenvalue weighted by Crippen LogP contribution is 2.27. The van der Waals surface area contributed by atoms with Gasteiger partial charge in [0.05, 0.1) is 19.3 Å². The Morgan fingerprint density at radius 2 is 1.40 bits per heavy atom. The number of hydrogen-bond acceptors (Lipinski definition) is 5. The zero-order chi connectivity index (χ0) is 24.8. The lowest BCUT2D eigenvalue weighted by molar-refractivity contribution is -0.130. The molecule has 0 fully saturated rings. The molecule has 0 unspecified atom stereocenters. The summed E-state index contributed by atoms with van der Waals surface area (Å²) in [4.78, 5) is 24.2. The maximum Gasteiger partial charge on any atom is 0.338 e. The standard InChI is InChI=1S/C30H26O5/c1-20(2)29(31)35-28-14-10-22(11-15-28)23-6-7-25-19-26(9-8-24(25)18-23)30(32)34-17-16-21-4-12-27(33-3)13-5-21/h4-15,18-19H,1,16-17H2,2-3H3. The third-order valence-electron chi connectivity index (χ3n) is 5.61. The van der Waals surface area contributed by atoms with E-state index in [1.54, 1.807) is 32.2 Å². The van der Waals surface area contributed by atoms with E-state index in [0.717, 1.165) is 33.2 Å². The molecule has 0 bridgehead atoms. The Hall–Kier alpha value is -4.38. The zero-order valence-corrected chi connectivity index (χ0v) is 19.7. The first-order chi connectivity index (χ1) is 16.9. The first kappa shape index (κ1) is 23.8. The van der Waals surface area contributed by atoms with Crippen molar-refractivity contribution in [3.05, 3.63) is 108 Å². The Bertz CT molecular complexity index is 1370. The summed E-state index contributed by atoms with van der Waals surface area (Å²) in [5, 5.41) is 1.96. The minimum Gasteiger partial charge on any atom is -0.497 e. The van der Waals surface area contributed by atoms with Crippen molar-refractivity contribution >= 4 is 22.7 Å². The van der Waals surface area contributed by atoms with Crippen LogP contribution in [0.2, 0.25) is 0 Å². The number of carbonyl (C=O) groups is 2. The minimum atomic E-state index is -0.446. The van der Waals surface area contributed by atoms with E-state index in [1.165, 1.54) is 0 Å². The summed E-state index contributed by atoms with van der Waals surface area (Å²) >= 11 is 0. The molecule has 0 aromatic heterocycles. The summed E-state index contributed by atoms with van der Waals surface area (Å²) in [7, 11) is 1.63. The van der Waals surface area contributed by atoms with Crippen molar-refractivity contribution in [2.45, 2.75) is 13.3 Å². The molecule has 5 heteroatoms. The van der Waals surface area contributed by atoms with Gasteiger partial charge in [0.25, 0.3) is 0 Å². The van der Waals surface area contributed by atoms with Crippen LogP contribution in [0.15, 0.2) is 97.1 Å². The molecule has 4 aromatic carbocycles. The van der Waals surface area contributed by atoms with E-state index in [2.05, 4.69) is 12.6 Å². The van der Waals surface area contributed by atoms with Crippen LogP contribution in [0.3, 0.4) is 0 Å². The van der Waals surface area contributed by atoms with Crippen molar-refractivity contribution in [1.82, 2.24) is 0 Å². The summed E-state index contributed by atoms with van der Waals surface area (Å²) in [6.45, 7) is 5.50. The van der Waals surface area contributed by atoms with Gasteiger partial charge in [-0.3, -0.25) is 0 Å². The van der Waals surface area contributed by atoms with Gasteiger partial charge in [0.2, 0.25) is 0 Å². The summed E-state index contributed by atoms with van der Waals surface area (Å²) in [5.74, 6) is 0.478. The monoisotopic (exact) mass is 466 g/mol. The minimum absolute atomic E-state index is 0.305. The molecule has 4 rings (SSSR count). The number of benzene rings is 4. The molecule has 0 amide bonds. The number of fused-ring (bicyclic) bond motifs is 1. The van der Waals surface area contributed by atoms with Crippen molar-refractivity contribution in [1.29, 1.82) is 0 Å². The molecule has 35 heavy (non-hydrogen) atoms. The second-order valence-electron chi connectivity index (χ2n) is 8.20. The Morgan fingerprint density at radius 1 is 0.771 bits per heavy atom. The fourth-order valence-electron chi connectivity index (χ4n) is 3.60. The van der Waals surface area contributed by atoms with Crippen LogP contribution in [0.5, 0.6) is 11.5 Å². The Balaban J connectivity index is 1.40. The molecular formula is C30H26O5. The smallest absolute Gasteiger partial charge is 0.338 e. The predicted molar refractivity (Wildman–Crippen MR) is 137 cm³/mol. The number of carbonyl (C=O) groups excluding carboxylic acids is 2. The topological polar surface area (TPSA) is 61.8 Å². The molecular weight excluding hydrogens is 440 g/mol. The summed E-state index contributed by atoms with van der Waals surface area (Å²) < 4.78 is 15.9. The van der Waals surface area contributed by atoms with E-state index in [4.69, 9.17) is 14.2 Å². The summed E-state index contributed by atoms with van der Waals surface area (Å²) in [5.41, 5.74) is 3.95. The number of hydrogen-bond donors (Lipinski definition) is 0. The molecule has 0 heterocycles. The van der Waals surface area contributed by atoms with Crippen LogP contribution in [0, 0.1) is 0 Å². The highest BCUT2D eigenvalue weighted by Gasteiger charge is 2.10. The molecule has 4 aromatic rings. The quantitative estimate of drug-likeness (QED) is 0.171. The molecule has 0 aliphatic heterocycles. The second-order valence-corrected chi connectivity index (χ2v) is 8.20. The number of rotatable bonds is 8. The molecule has 176 valence electrons. The summed E-state index contributed by atoms with van der Waals surface area (Å²) in [6.07, 6.45) is 0.637. The van der Waals surface area contributed by atoms with Gasteiger partial charge in [-0.15, -0.1) is 0 Å². The maximum absolute atomic E-state index is 12.5. The summed E-state index contributed by atoms with van der Waals surface area (Å²) in [6, 6.07) is 26.6. The van der Waals surface area contributed by atoms with Gasteiger partial charge in [-0.05, 0) is 76.9 Å². The van der Waals surface area contributed by atoms with Gasteiger partial charge in [-0.25, -0.2) is 9.59 Å². The fourth-order valence-corrected chi connectivity index (χ4v) is 3.60. The predicted octanol–water partition coefficient (Wildman–Crippen LogP) is 6.40. The number of methoxy groups -OCH3 is 1. The van der Waals surface area contributed by atoms with Crippen molar-refractivity contribution in [2.75, 3.05) is 13.7 Å². The van der Waals surface area contributed by atoms with Crippen LogP contribution in [0.25, 0.3) is 21.9 Å². The van der Waals surface area contributed by atoms with E-state index >= 15 is 0 Å². The van der Waals surface area contributed by atoms with Crippen molar-refractivity contribution in [3.8, 4) is 22.6 Å². The lowest BCUT2D eigenvalue weighted by Crippen LogP contribution is -2.08. The van der Waals surface area contributed by atoms with Gasteiger partial charge in [0, 0.05) is 12.0 Å². The average molecular weight is 467 g/mol. The van der Waals surface area contributed by atoms with Crippen LogP contribution < -0.4 is 9.47 Å². The van der Waals surface area contributed by atoms with Crippen molar-refractivity contribution in [3.63, 3.8) is 0 Å². The van der Waals surface area contributed by atoms with Gasteiger partial charge in [-0.1, -0.05) is 49.0 Å². The number of ether oxygens (including phenoxy) is 3. The van der Waals surface area contributed by atoms with E-state index < -0.39 is 5.97 Å². The first-order valence-electron chi connectivity index (χ1n) is 11.2. The largest absolute Gasteiger partial charge is 0.497 e. The Kier molecular flexibility index (Phi) is 7.27. The fraction of sp³-hybridized carbons (Fsp3) is 0.133. The van der Waals surface area contributed by atoms with Crippen LogP contribution in [-0.2, 0) is 16.0 Å². The van der Waals surface area contributed by atoms with Crippen LogP contribution in [0.1, 0.15) is 22.8 Å². The maximum atomic E-state index is 12.5. The van der Waals surface area contributed by atoms with Gasteiger partial charge in [-0.2, -0.15) is 0 Å². The van der Waals surface area contributed by atoms with E-state index in [0.29, 0.717) is 29.9 Å². The van der Waals surface area contributed by atoms with Gasteiger partial charge >= 0.3 is 11.9 Å². The Morgan fingerprint density at radius 3 is 2.09 bits per heavy atom. The molecule has 0 aliphatic carbocycles. The molecule has 0 saturated heterocycles. The SMILES string of the molecule is C=C(C)C(=O)Oc1ccc(-c2ccc3cc(C(=O)OCCc4ccc(OC)cc4)ccc3c2)cc1. The first-order valence-corrected chi connectivity index (χ1v) is 11.2. The molecule has 0 aliphatic rings. The third-order valence-corrected chi connectivity index (χ3v) is 5.61. The highest BCUT2D eigenvalue weighted by molar-refractivity contribution is 5.96. The van der Waals surface area contributed by atoms with E-state index in [-0.39, 0.29) is 5.97 Å². The van der Waals surface area contributed by atoms with Crippen LogP contribution in [-0.4, -0.2) is 25.7 Å².